The second-order valence-corrected chi connectivity index (χ2v) is 14.5. The van der Waals surface area contributed by atoms with Gasteiger partial charge in [-0.2, -0.15) is 0 Å². The highest BCUT2D eigenvalue weighted by atomic mass is 14.6. The van der Waals surface area contributed by atoms with Crippen molar-refractivity contribution < 1.29 is 5.73 Å². The van der Waals surface area contributed by atoms with E-state index in [4.69, 9.17) is 0 Å². The van der Waals surface area contributed by atoms with E-state index >= 15 is 0 Å². The molecule has 42 heavy (non-hydrogen) atoms. The van der Waals surface area contributed by atoms with Gasteiger partial charge in [-0.1, -0.05) is 232 Å². The molecule has 0 rings (SSSR count). The molecule has 3 N–H and O–H groups in total. The molecule has 0 heterocycles. The van der Waals surface area contributed by atoms with Gasteiger partial charge in [-0.05, 0) is 25.7 Å². The lowest BCUT2D eigenvalue weighted by Crippen LogP contribution is -2.60. The number of hydrogen-bond donors (Lipinski definition) is 1. The van der Waals surface area contributed by atoms with Crippen LogP contribution in [-0.2, 0) is 0 Å². The van der Waals surface area contributed by atoms with Crippen molar-refractivity contribution in [2.24, 2.45) is 0 Å². The van der Waals surface area contributed by atoms with Gasteiger partial charge in [0.2, 0.25) is 0 Å². The van der Waals surface area contributed by atoms with E-state index in [0.29, 0.717) is 6.04 Å². The lowest BCUT2D eigenvalue weighted by atomic mass is 10.00. The SMILES string of the molecule is CCCCCCCCCCCCCCCCCCCCC([NH3+])CCCCCCCCCCCCCCCCCCCC. The molecule has 0 aliphatic heterocycles. The number of hydrogen-bond acceptors (Lipinski definition) is 0. The summed E-state index contributed by atoms with van der Waals surface area (Å²) in [6.07, 6.45) is 55.5. The van der Waals surface area contributed by atoms with Crippen molar-refractivity contribution in [2.75, 3.05) is 0 Å². The maximum Gasteiger partial charge on any atom is 0.0843 e. The Morgan fingerprint density at radius 1 is 0.238 bits per heavy atom. The molecule has 0 amide bonds. The maximum atomic E-state index is 4.47. The van der Waals surface area contributed by atoms with Crippen molar-refractivity contribution in [2.45, 2.75) is 264 Å². The lowest BCUT2D eigenvalue weighted by Gasteiger charge is -2.09. The zero-order valence-electron chi connectivity index (χ0n) is 30.2. The van der Waals surface area contributed by atoms with Crippen LogP contribution in [0.15, 0.2) is 0 Å². The van der Waals surface area contributed by atoms with Gasteiger partial charge in [-0.15, -0.1) is 0 Å². The van der Waals surface area contributed by atoms with Crippen LogP contribution in [0.1, 0.15) is 258 Å². The Labute approximate surface area is 269 Å². The van der Waals surface area contributed by atoms with Crippen LogP contribution in [0.2, 0.25) is 0 Å². The van der Waals surface area contributed by atoms with Gasteiger partial charge in [0.05, 0.1) is 6.04 Å². The van der Waals surface area contributed by atoms with E-state index in [2.05, 4.69) is 19.6 Å². The third kappa shape index (κ3) is 38.0. The second-order valence-electron chi connectivity index (χ2n) is 14.5. The second kappa shape index (κ2) is 39.0. The van der Waals surface area contributed by atoms with Crippen LogP contribution < -0.4 is 5.73 Å². The Balaban J connectivity index is 3.13. The molecule has 0 aliphatic rings. The Morgan fingerprint density at radius 3 is 0.548 bits per heavy atom. The number of quaternary nitrogens is 1. The topological polar surface area (TPSA) is 27.6 Å². The first-order valence-electron chi connectivity index (χ1n) is 20.6. The normalized spacial score (nSPS) is 11.7. The van der Waals surface area contributed by atoms with Gasteiger partial charge in [0.15, 0.2) is 0 Å². The molecule has 0 saturated carbocycles. The minimum Gasteiger partial charge on any atom is -0.355 e. The summed E-state index contributed by atoms with van der Waals surface area (Å²) in [6.45, 7) is 4.62. The Bertz CT molecular complexity index is 406. The van der Waals surface area contributed by atoms with Gasteiger partial charge in [0.1, 0.15) is 0 Å². The van der Waals surface area contributed by atoms with Gasteiger partial charge in [0.25, 0.3) is 0 Å². The van der Waals surface area contributed by atoms with Crippen LogP contribution >= 0.6 is 0 Å². The quantitative estimate of drug-likeness (QED) is 0.0690. The number of rotatable bonds is 38. The molecular formula is C41H86N+. The van der Waals surface area contributed by atoms with Gasteiger partial charge in [-0.25, -0.2) is 0 Å². The maximum absolute atomic E-state index is 4.47. The van der Waals surface area contributed by atoms with Crippen molar-refractivity contribution in [3.05, 3.63) is 0 Å². The lowest BCUT2D eigenvalue weighted by molar-refractivity contribution is -0.423. The highest BCUT2D eigenvalue weighted by Gasteiger charge is 2.05. The van der Waals surface area contributed by atoms with Crippen LogP contribution in [0.25, 0.3) is 0 Å². The number of unbranched alkanes of at least 4 members (excludes halogenated alkanes) is 34. The van der Waals surface area contributed by atoms with Crippen molar-refractivity contribution in [3.8, 4) is 0 Å². The molecule has 0 aromatic heterocycles. The Kier molecular flexibility index (Phi) is 38.9. The van der Waals surface area contributed by atoms with Crippen LogP contribution in [0, 0.1) is 0 Å². The molecule has 0 spiro atoms. The molecule has 0 unspecified atom stereocenters. The van der Waals surface area contributed by atoms with E-state index in [1.165, 1.54) is 244 Å². The van der Waals surface area contributed by atoms with E-state index in [9.17, 15) is 0 Å². The molecule has 0 fully saturated rings. The van der Waals surface area contributed by atoms with E-state index in [-0.39, 0.29) is 0 Å². The van der Waals surface area contributed by atoms with Crippen LogP contribution in [0.3, 0.4) is 0 Å². The first-order chi connectivity index (χ1) is 20.8. The van der Waals surface area contributed by atoms with Gasteiger partial charge in [-0.3, -0.25) is 0 Å². The third-order valence-electron chi connectivity index (χ3n) is 9.93. The average Bonchev–Trinajstić information content (AvgIpc) is 3.00. The fourth-order valence-corrected chi connectivity index (χ4v) is 6.81. The summed E-state index contributed by atoms with van der Waals surface area (Å²) in [5.74, 6) is 0. The summed E-state index contributed by atoms with van der Waals surface area (Å²) < 4.78 is 0. The van der Waals surface area contributed by atoms with Crippen LogP contribution in [-0.4, -0.2) is 6.04 Å². The van der Waals surface area contributed by atoms with Gasteiger partial charge < -0.3 is 5.73 Å². The zero-order chi connectivity index (χ0) is 30.4. The summed E-state index contributed by atoms with van der Waals surface area (Å²) in [7, 11) is 0. The average molecular weight is 593 g/mol. The van der Waals surface area contributed by atoms with E-state index in [1.54, 1.807) is 0 Å². The van der Waals surface area contributed by atoms with Crippen molar-refractivity contribution in [1.82, 2.24) is 0 Å². The molecule has 0 radical (unpaired) electrons. The Morgan fingerprint density at radius 2 is 0.381 bits per heavy atom. The van der Waals surface area contributed by atoms with E-state index in [0.717, 1.165) is 0 Å². The first-order valence-corrected chi connectivity index (χ1v) is 20.6. The highest BCUT2D eigenvalue weighted by Crippen LogP contribution is 2.17. The minimum atomic E-state index is 0.715. The summed E-state index contributed by atoms with van der Waals surface area (Å²) in [6, 6.07) is 0.715. The first kappa shape index (κ1) is 42.0. The fraction of sp³-hybridized carbons (Fsp3) is 1.00. The molecule has 0 saturated heterocycles. The largest absolute Gasteiger partial charge is 0.355 e. The monoisotopic (exact) mass is 593 g/mol. The fourth-order valence-electron chi connectivity index (χ4n) is 6.81. The van der Waals surface area contributed by atoms with Crippen molar-refractivity contribution in [1.29, 1.82) is 0 Å². The molecule has 0 aromatic rings. The van der Waals surface area contributed by atoms with Crippen molar-refractivity contribution >= 4 is 0 Å². The van der Waals surface area contributed by atoms with Crippen LogP contribution in [0.4, 0.5) is 0 Å². The molecule has 254 valence electrons. The summed E-state index contributed by atoms with van der Waals surface area (Å²) in [4.78, 5) is 0. The van der Waals surface area contributed by atoms with Gasteiger partial charge >= 0.3 is 0 Å². The highest BCUT2D eigenvalue weighted by molar-refractivity contribution is 4.57. The Hall–Kier alpha value is -0.0400. The minimum absolute atomic E-state index is 0.715. The molecule has 0 aromatic carbocycles. The summed E-state index contributed by atoms with van der Waals surface area (Å²) in [5.41, 5.74) is 4.47. The molecule has 1 nitrogen and oxygen atoms in total. The van der Waals surface area contributed by atoms with Crippen molar-refractivity contribution in [3.63, 3.8) is 0 Å². The predicted octanol–water partition coefficient (Wildman–Crippen LogP) is 14.5. The predicted molar refractivity (Wildman–Crippen MR) is 193 cm³/mol. The van der Waals surface area contributed by atoms with E-state index < -0.39 is 0 Å². The smallest absolute Gasteiger partial charge is 0.0843 e. The van der Waals surface area contributed by atoms with E-state index in [1.807, 2.05) is 0 Å². The molecule has 0 aliphatic carbocycles. The molecule has 0 atom stereocenters. The molecule has 0 bridgehead atoms. The van der Waals surface area contributed by atoms with Gasteiger partial charge in [0, 0.05) is 0 Å². The van der Waals surface area contributed by atoms with Crippen LogP contribution in [0.5, 0.6) is 0 Å². The summed E-state index contributed by atoms with van der Waals surface area (Å²) >= 11 is 0. The zero-order valence-corrected chi connectivity index (χ0v) is 30.2. The molecular weight excluding hydrogens is 506 g/mol. The standard InChI is InChI=1S/C41H85N/c1-3-5-7-9-11-13-15-17-19-21-23-25-27-29-31-33-35-37-39-41(42)40-38-36-34-32-30-28-26-24-22-20-18-16-14-12-10-8-6-4-2/h41H,3-40,42H2,1-2H3/p+1. The summed E-state index contributed by atoms with van der Waals surface area (Å²) in [5, 5.41) is 0. The third-order valence-corrected chi connectivity index (χ3v) is 9.93. The molecule has 1 heteroatoms.